The Labute approximate surface area is 178 Å². The fourth-order valence-electron chi connectivity index (χ4n) is 3.50. The van der Waals surface area contributed by atoms with Gasteiger partial charge in [-0.3, -0.25) is 14.2 Å². The first-order valence-corrected chi connectivity index (χ1v) is 9.95. The molecule has 2 heterocycles. The second-order valence-electron chi connectivity index (χ2n) is 7.36. The number of ether oxygens (including phenoxy) is 2. The Morgan fingerprint density at radius 2 is 1.84 bits per heavy atom. The summed E-state index contributed by atoms with van der Waals surface area (Å²) >= 11 is 0. The summed E-state index contributed by atoms with van der Waals surface area (Å²) in [7, 11) is 3.12. The van der Waals surface area contributed by atoms with E-state index in [2.05, 4.69) is 15.3 Å². The fourth-order valence-corrected chi connectivity index (χ4v) is 3.50. The van der Waals surface area contributed by atoms with Gasteiger partial charge in [0.1, 0.15) is 11.0 Å². The van der Waals surface area contributed by atoms with Gasteiger partial charge in [-0.25, -0.2) is 4.98 Å². The van der Waals surface area contributed by atoms with Crippen molar-refractivity contribution < 1.29 is 14.3 Å². The maximum absolute atomic E-state index is 12.9. The molecule has 0 fully saturated rings. The quantitative estimate of drug-likeness (QED) is 0.479. The number of carbonyl (C=O) groups is 1. The first-order valence-electron chi connectivity index (χ1n) is 9.95. The van der Waals surface area contributed by atoms with Crippen molar-refractivity contribution in [3.8, 4) is 11.5 Å². The molecule has 4 aromatic rings. The number of H-pyrrole nitrogens is 1. The minimum Gasteiger partial charge on any atom is -0.493 e. The number of nitrogens with one attached hydrogen (secondary N) is 2. The van der Waals surface area contributed by atoms with E-state index in [1.54, 1.807) is 26.4 Å². The number of hydrogen-bond acceptors (Lipinski definition) is 5. The molecule has 2 N–H and O–H groups in total. The molecule has 0 aliphatic carbocycles. The van der Waals surface area contributed by atoms with Gasteiger partial charge in [0.05, 0.1) is 26.1 Å². The molecule has 2 aromatic carbocycles. The Morgan fingerprint density at radius 1 is 1.13 bits per heavy atom. The van der Waals surface area contributed by atoms with Gasteiger partial charge < -0.3 is 19.8 Å². The summed E-state index contributed by atoms with van der Waals surface area (Å²) in [5.41, 5.74) is 3.64. The number of hydrogen-bond donors (Lipinski definition) is 2. The maximum Gasteiger partial charge on any atom is 0.277 e. The zero-order chi connectivity index (χ0) is 22.0. The number of carbonyl (C=O) groups excluding carboxylic acids is 1. The van der Waals surface area contributed by atoms with Crippen LogP contribution in [-0.2, 0) is 17.9 Å². The van der Waals surface area contributed by atoms with Crippen LogP contribution in [0.25, 0.3) is 21.9 Å². The number of amides is 1. The summed E-state index contributed by atoms with van der Waals surface area (Å²) < 4.78 is 12.1. The van der Waals surface area contributed by atoms with E-state index >= 15 is 0 Å². The van der Waals surface area contributed by atoms with Gasteiger partial charge in [0, 0.05) is 31.0 Å². The average Bonchev–Trinajstić information content (AvgIpc) is 3.15. The van der Waals surface area contributed by atoms with E-state index in [0.29, 0.717) is 29.1 Å². The lowest BCUT2D eigenvalue weighted by Gasteiger charge is -2.08. The second kappa shape index (κ2) is 8.51. The Kier molecular flexibility index (Phi) is 5.62. The molecule has 0 spiro atoms. The molecular formula is C23H24N4O4. The third kappa shape index (κ3) is 4.09. The third-order valence-electron chi connectivity index (χ3n) is 5.27. The number of aryl methyl sites for hydroxylation is 2. The van der Waals surface area contributed by atoms with Gasteiger partial charge in [0.2, 0.25) is 5.91 Å². The second-order valence-corrected chi connectivity index (χ2v) is 7.36. The average molecular weight is 420 g/mol. The molecule has 31 heavy (non-hydrogen) atoms. The Hall–Kier alpha value is -3.81. The van der Waals surface area contributed by atoms with Crippen LogP contribution >= 0.6 is 0 Å². The Balaban J connectivity index is 1.51. The van der Waals surface area contributed by atoms with Gasteiger partial charge in [-0.05, 0) is 18.6 Å². The van der Waals surface area contributed by atoms with E-state index in [1.807, 2.05) is 31.2 Å². The number of aromatic nitrogens is 3. The zero-order valence-electron chi connectivity index (χ0n) is 17.7. The van der Waals surface area contributed by atoms with Crippen molar-refractivity contribution >= 4 is 27.8 Å². The topological polar surface area (TPSA) is 98.2 Å². The highest BCUT2D eigenvalue weighted by Gasteiger charge is 2.15. The normalized spacial score (nSPS) is 11.1. The van der Waals surface area contributed by atoms with Crippen LogP contribution in [0.2, 0.25) is 0 Å². The van der Waals surface area contributed by atoms with Crippen LogP contribution in [0.3, 0.4) is 0 Å². The fraction of sp³-hybridized carbons (Fsp3) is 0.261. The Morgan fingerprint density at radius 3 is 2.55 bits per heavy atom. The molecule has 0 bridgehead atoms. The van der Waals surface area contributed by atoms with Gasteiger partial charge in [-0.2, -0.15) is 0 Å². The van der Waals surface area contributed by atoms with E-state index < -0.39 is 0 Å². The van der Waals surface area contributed by atoms with Crippen molar-refractivity contribution in [1.82, 2.24) is 19.9 Å². The molecule has 2 aromatic heterocycles. The summed E-state index contributed by atoms with van der Waals surface area (Å²) in [6.07, 6.45) is 1.66. The summed E-state index contributed by atoms with van der Waals surface area (Å²) in [5.74, 6) is 0.998. The van der Waals surface area contributed by atoms with Crippen molar-refractivity contribution in [2.75, 3.05) is 14.2 Å². The van der Waals surface area contributed by atoms with E-state index in [4.69, 9.17) is 9.47 Å². The number of fused-ring (bicyclic) bond motifs is 3. The van der Waals surface area contributed by atoms with Crippen LogP contribution < -0.4 is 20.3 Å². The molecule has 0 aliphatic heterocycles. The van der Waals surface area contributed by atoms with Crippen LogP contribution in [0.4, 0.5) is 0 Å². The summed E-state index contributed by atoms with van der Waals surface area (Å²) in [4.78, 5) is 32.7. The maximum atomic E-state index is 12.9. The molecule has 0 atom stereocenters. The lowest BCUT2D eigenvalue weighted by Crippen LogP contribution is -2.27. The lowest BCUT2D eigenvalue weighted by molar-refractivity contribution is -0.121. The monoisotopic (exact) mass is 420 g/mol. The number of methoxy groups -OCH3 is 2. The van der Waals surface area contributed by atoms with Crippen molar-refractivity contribution in [3.05, 3.63) is 64.2 Å². The molecule has 8 nitrogen and oxygen atoms in total. The summed E-state index contributed by atoms with van der Waals surface area (Å²) in [6.45, 7) is 2.71. The molecule has 8 heteroatoms. The predicted octanol–water partition coefficient (Wildman–Crippen LogP) is 2.91. The van der Waals surface area contributed by atoms with Gasteiger partial charge in [0.15, 0.2) is 11.5 Å². The summed E-state index contributed by atoms with van der Waals surface area (Å²) in [6, 6.07) is 11.6. The van der Waals surface area contributed by atoms with Gasteiger partial charge >= 0.3 is 0 Å². The molecule has 4 rings (SSSR count). The number of benzene rings is 2. The first kappa shape index (κ1) is 20.5. The zero-order valence-corrected chi connectivity index (χ0v) is 17.7. The largest absolute Gasteiger partial charge is 0.493 e. The van der Waals surface area contributed by atoms with Crippen molar-refractivity contribution in [3.63, 3.8) is 0 Å². The Bertz CT molecular complexity index is 1310. The number of aromatic amines is 1. The first-order chi connectivity index (χ1) is 15.0. The van der Waals surface area contributed by atoms with E-state index in [9.17, 15) is 9.59 Å². The SMILES string of the molecule is COc1cc2[nH]c3c(=O)n(CCC(=O)NCc4ccc(C)cc4)cnc3c2cc1OC. The molecule has 0 saturated carbocycles. The standard InChI is InChI=1S/C23H24N4O4/c1-14-4-6-15(7-5-14)12-24-20(28)8-9-27-13-25-21-16-10-18(30-2)19(31-3)11-17(16)26-22(21)23(27)29/h4-7,10-11,13,26H,8-9,12H2,1-3H3,(H,24,28). The molecule has 160 valence electrons. The molecule has 0 radical (unpaired) electrons. The highest BCUT2D eigenvalue weighted by molar-refractivity contribution is 6.05. The van der Waals surface area contributed by atoms with Gasteiger partial charge in [-0.15, -0.1) is 0 Å². The van der Waals surface area contributed by atoms with Crippen molar-refractivity contribution in [2.24, 2.45) is 0 Å². The smallest absolute Gasteiger partial charge is 0.277 e. The van der Waals surface area contributed by atoms with E-state index in [-0.39, 0.29) is 24.4 Å². The minimum atomic E-state index is -0.231. The highest BCUT2D eigenvalue weighted by atomic mass is 16.5. The third-order valence-corrected chi connectivity index (χ3v) is 5.27. The molecule has 0 unspecified atom stereocenters. The van der Waals surface area contributed by atoms with Gasteiger partial charge in [0.25, 0.3) is 5.56 Å². The van der Waals surface area contributed by atoms with E-state index in [0.717, 1.165) is 16.5 Å². The predicted molar refractivity (Wildman–Crippen MR) is 119 cm³/mol. The van der Waals surface area contributed by atoms with Crippen LogP contribution in [0.15, 0.2) is 47.5 Å². The molecule has 0 saturated heterocycles. The molecule has 0 aliphatic rings. The highest BCUT2D eigenvalue weighted by Crippen LogP contribution is 2.34. The lowest BCUT2D eigenvalue weighted by atomic mass is 10.1. The number of nitrogens with zero attached hydrogens (tertiary/aromatic N) is 2. The minimum absolute atomic E-state index is 0.126. The van der Waals surface area contributed by atoms with E-state index in [1.165, 1.54) is 16.5 Å². The molecule has 1 amide bonds. The van der Waals surface area contributed by atoms with Crippen LogP contribution in [-0.4, -0.2) is 34.7 Å². The number of rotatable bonds is 7. The van der Waals surface area contributed by atoms with Crippen LogP contribution in [0, 0.1) is 6.92 Å². The molecular weight excluding hydrogens is 396 g/mol. The van der Waals surface area contributed by atoms with Crippen LogP contribution in [0.5, 0.6) is 11.5 Å². The summed E-state index contributed by atoms with van der Waals surface area (Å²) in [5, 5.41) is 3.65. The van der Waals surface area contributed by atoms with Crippen molar-refractivity contribution in [2.45, 2.75) is 26.4 Å². The van der Waals surface area contributed by atoms with Crippen LogP contribution in [0.1, 0.15) is 17.5 Å². The van der Waals surface area contributed by atoms with Crippen molar-refractivity contribution in [1.29, 1.82) is 0 Å². The van der Waals surface area contributed by atoms with Gasteiger partial charge in [-0.1, -0.05) is 29.8 Å².